The van der Waals surface area contributed by atoms with Gasteiger partial charge in [-0.15, -0.1) is 0 Å². The van der Waals surface area contributed by atoms with Crippen molar-refractivity contribution in [3.8, 4) is 0 Å². The number of rotatable bonds is 5. The highest BCUT2D eigenvalue weighted by molar-refractivity contribution is 6.30. The van der Waals surface area contributed by atoms with Gasteiger partial charge in [0, 0.05) is 22.8 Å². The van der Waals surface area contributed by atoms with E-state index in [0.717, 1.165) is 5.69 Å². The van der Waals surface area contributed by atoms with Crippen LogP contribution in [0.1, 0.15) is 0 Å². The molecule has 0 fully saturated rings. The van der Waals surface area contributed by atoms with Gasteiger partial charge in [0.15, 0.2) is 0 Å². The van der Waals surface area contributed by atoms with Crippen LogP contribution in [0.3, 0.4) is 0 Å². The predicted octanol–water partition coefficient (Wildman–Crippen LogP) is 2.98. The van der Waals surface area contributed by atoms with Crippen LogP contribution in [0.2, 0.25) is 5.02 Å². The van der Waals surface area contributed by atoms with Gasteiger partial charge >= 0.3 is 5.97 Å². The van der Waals surface area contributed by atoms with Gasteiger partial charge in [0.2, 0.25) is 0 Å². The number of hydrogen-bond acceptors (Lipinski definition) is 2. The third-order valence-electron chi connectivity index (χ3n) is 1.91. The Morgan fingerprint density at radius 2 is 2.25 bits per heavy atom. The molecule has 0 aliphatic heterocycles. The van der Waals surface area contributed by atoms with Gasteiger partial charge in [0.05, 0.1) is 0 Å². The van der Waals surface area contributed by atoms with Crippen molar-refractivity contribution in [2.75, 3.05) is 18.0 Å². The first-order valence-electron chi connectivity index (χ1n) is 4.61. The summed E-state index contributed by atoms with van der Waals surface area (Å²) in [6.45, 7) is 0.331. The van der Waals surface area contributed by atoms with Crippen molar-refractivity contribution in [2.45, 2.75) is 0 Å². The van der Waals surface area contributed by atoms with E-state index in [0.29, 0.717) is 11.6 Å². The summed E-state index contributed by atoms with van der Waals surface area (Å²) in [4.78, 5) is 12.4. The van der Waals surface area contributed by atoms with Gasteiger partial charge < -0.3 is 10.0 Å². The molecular weight excluding hydrogens is 249 g/mol. The maximum atomic E-state index is 10.7. The summed E-state index contributed by atoms with van der Waals surface area (Å²) in [6, 6.07) is 7.03. The lowest BCUT2D eigenvalue weighted by molar-refractivity contribution is -0.135. The lowest BCUT2D eigenvalue weighted by Crippen LogP contribution is -2.29. The van der Waals surface area contributed by atoms with Crippen molar-refractivity contribution in [1.29, 1.82) is 0 Å². The number of halogens is 2. The molecule has 1 aromatic carbocycles. The maximum absolute atomic E-state index is 10.7. The number of anilines is 1. The Morgan fingerprint density at radius 1 is 1.50 bits per heavy atom. The van der Waals surface area contributed by atoms with Crippen molar-refractivity contribution in [3.63, 3.8) is 0 Å². The second-order valence-corrected chi connectivity index (χ2v) is 3.80. The molecule has 0 amide bonds. The minimum atomic E-state index is -0.900. The first-order valence-corrected chi connectivity index (χ1v) is 5.42. The molecule has 0 aliphatic rings. The molecule has 0 radical (unpaired) electrons. The summed E-state index contributed by atoms with van der Waals surface area (Å²) in [5.74, 6) is -0.900. The van der Waals surface area contributed by atoms with Crippen LogP contribution in [0.5, 0.6) is 0 Å². The van der Waals surface area contributed by atoms with Crippen LogP contribution in [0, 0.1) is 0 Å². The van der Waals surface area contributed by atoms with E-state index in [9.17, 15) is 4.79 Å². The van der Waals surface area contributed by atoms with E-state index in [1.54, 1.807) is 35.2 Å². The zero-order chi connectivity index (χ0) is 12.0. The van der Waals surface area contributed by atoms with E-state index in [1.807, 2.05) is 0 Å². The van der Waals surface area contributed by atoms with E-state index in [-0.39, 0.29) is 6.54 Å². The molecular formula is C11H11Cl2NO2. The number of carbonyl (C=O) groups is 1. The SMILES string of the molecule is O=C(O)CN(C/C=C/Cl)c1cccc(Cl)c1. The molecule has 0 bridgehead atoms. The molecule has 16 heavy (non-hydrogen) atoms. The molecule has 0 heterocycles. The third kappa shape index (κ3) is 4.13. The highest BCUT2D eigenvalue weighted by Crippen LogP contribution is 2.19. The minimum Gasteiger partial charge on any atom is -0.480 e. The molecule has 0 saturated heterocycles. The molecule has 3 nitrogen and oxygen atoms in total. The molecule has 0 aliphatic carbocycles. The molecule has 86 valence electrons. The highest BCUT2D eigenvalue weighted by Gasteiger charge is 2.09. The number of benzene rings is 1. The molecule has 0 spiro atoms. The smallest absolute Gasteiger partial charge is 0.323 e. The molecule has 0 aromatic heterocycles. The van der Waals surface area contributed by atoms with Gasteiger partial charge in [-0.1, -0.05) is 35.3 Å². The lowest BCUT2D eigenvalue weighted by atomic mass is 10.3. The van der Waals surface area contributed by atoms with Crippen LogP contribution < -0.4 is 4.90 Å². The average Bonchev–Trinajstić information content (AvgIpc) is 2.23. The lowest BCUT2D eigenvalue weighted by Gasteiger charge is -2.21. The summed E-state index contributed by atoms with van der Waals surface area (Å²) in [6.07, 6.45) is 1.67. The Bertz CT molecular complexity index is 393. The van der Waals surface area contributed by atoms with E-state index >= 15 is 0 Å². The summed E-state index contributed by atoms with van der Waals surface area (Å²) in [7, 11) is 0. The van der Waals surface area contributed by atoms with Crippen LogP contribution >= 0.6 is 23.2 Å². The zero-order valence-corrected chi connectivity index (χ0v) is 9.95. The van der Waals surface area contributed by atoms with Gasteiger partial charge in [0.25, 0.3) is 0 Å². The van der Waals surface area contributed by atoms with Gasteiger partial charge in [-0.25, -0.2) is 0 Å². The second kappa shape index (κ2) is 6.40. The van der Waals surface area contributed by atoms with Crippen molar-refractivity contribution in [1.82, 2.24) is 0 Å². The molecule has 0 unspecified atom stereocenters. The van der Waals surface area contributed by atoms with Crippen LogP contribution in [0.15, 0.2) is 35.9 Å². The summed E-state index contributed by atoms with van der Waals surface area (Å²) < 4.78 is 0. The summed E-state index contributed by atoms with van der Waals surface area (Å²) >= 11 is 11.3. The Kier molecular flexibility index (Phi) is 5.15. The largest absolute Gasteiger partial charge is 0.480 e. The Labute approximate surface area is 104 Å². The average molecular weight is 260 g/mol. The van der Waals surface area contributed by atoms with Crippen LogP contribution in [0.25, 0.3) is 0 Å². The quantitative estimate of drug-likeness (QED) is 0.884. The van der Waals surface area contributed by atoms with Gasteiger partial charge in [-0.2, -0.15) is 0 Å². The first-order chi connectivity index (χ1) is 7.63. The van der Waals surface area contributed by atoms with Crippen molar-refractivity contribution < 1.29 is 9.90 Å². The van der Waals surface area contributed by atoms with Crippen molar-refractivity contribution in [3.05, 3.63) is 40.9 Å². The third-order valence-corrected chi connectivity index (χ3v) is 2.33. The number of aliphatic carboxylic acids is 1. The molecule has 1 aromatic rings. The summed E-state index contributed by atoms with van der Waals surface area (Å²) in [5, 5.41) is 9.35. The fraction of sp³-hybridized carbons (Fsp3) is 0.182. The van der Waals surface area contributed by atoms with Crippen LogP contribution in [-0.2, 0) is 4.79 Å². The van der Waals surface area contributed by atoms with E-state index in [4.69, 9.17) is 28.3 Å². The van der Waals surface area contributed by atoms with Gasteiger partial charge in [0.1, 0.15) is 6.54 Å². The van der Waals surface area contributed by atoms with Crippen molar-refractivity contribution >= 4 is 34.9 Å². The monoisotopic (exact) mass is 259 g/mol. The fourth-order valence-electron chi connectivity index (χ4n) is 1.26. The number of carboxylic acid groups (broad SMARTS) is 1. The number of carboxylic acids is 1. The number of hydrogen-bond donors (Lipinski definition) is 1. The molecule has 5 heteroatoms. The van der Waals surface area contributed by atoms with E-state index < -0.39 is 5.97 Å². The first kappa shape index (κ1) is 12.9. The summed E-state index contributed by atoms with van der Waals surface area (Å²) in [5.41, 5.74) is 2.11. The maximum Gasteiger partial charge on any atom is 0.323 e. The minimum absolute atomic E-state index is 0.0957. The molecule has 0 atom stereocenters. The standard InChI is InChI=1S/C11H11Cl2NO2/c12-5-2-6-14(8-11(15)16)10-4-1-3-9(13)7-10/h1-5,7H,6,8H2,(H,15,16)/b5-2+. The van der Waals surface area contributed by atoms with E-state index in [1.165, 1.54) is 5.54 Å². The normalized spacial score (nSPS) is 10.6. The van der Waals surface area contributed by atoms with Crippen LogP contribution in [0.4, 0.5) is 5.69 Å². The van der Waals surface area contributed by atoms with Crippen LogP contribution in [-0.4, -0.2) is 24.2 Å². The van der Waals surface area contributed by atoms with Gasteiger partial charge in [-0.3, -0.25) is 4.79 Å². The van der Waals surface area contributed by atoms with Gasteiger partial charge in [-0.05, 0) is 18.2 Å². The van der Waals surface area contributed by atoms with Crippen molar-refractivity contribution in [2.24, 2.45) is 0 Å². The molecule has 1 rings (SSSR count). The Hall–Kier alpha value is -1.19. The Balaban J connectivity index is 2.86. The predicted molar refractivity (Wildman–Crippen MR) is 66.3 cm³/mol. The fourth-order valence-corrected chi connectivity index (χ4v) is 1.53. The Morgan fingerprint density at radius 3 is 2.81 bits per heavy atom. The second-order valence-electron chi connectivity index (χ2n) is 3.12. The highest BCUT2D eigenvalue weighted by atomic mass is 35.5. The van der Waals surface area contributed by atoms with E-state index in [2.05, 4.69) is 0 Å². The molecule has 0 saturated carbocycles. The number of nitrogens with zero attached hydrogens (tertiary/aromatic N) is 1. The molecule has 1 N–H and O–H groups in total. The zero-order valence-electron chi connectivity index (χ0n) is 8.44. The topological polar surface area (TPSA) is 40.5 Å².